The van der Waals surface area contributed by atoms with Crippen molar-refractivity contribution in [1.82, 2.24) is 4.37 Å². The largest absolute Gasteiger partial charge is 0.484 e. The van der Waals surface area contributed by atoms with Crippen LogP contribution in [-0.2, 0) is 0 Å². The molecule has 2 rings (SSSR count). The fourth-order valence-electron chi connectivity index (χ4n) is 2.21. The number of aromatic nitrogens is 1. The second-order valence-electron chi connectivity index (χ2n) is 4.92. The molecule has 0 amide bonds. The molecule has 0 saturated heterocycles. The van der Waals surface area contributed by atoms with Crippen molar-refractivity contribution >= 4 is 22.4 Å². The number of ether oxygens (including phenoxy) is 1. The molecule has 1 heterocycles. The summed E-state index contributed by atoms with van der Waals surface area (Å²) in [6.07, 6.45) is 5.53. The summed E-state index contributed by atoms with van der Waals surface area (Å²) in [6.45, 7) is 5.01. The van der Waals surface area contributed by atoms with E-state index < -0.39 is 0 Å². The van der Waals surface area contributed by atoms with Gasteiger partial charge >= 0.3 is 0 Å². The van der Waals surface area contributed by atoms with E-state index in [0.29, 0.717) is 5.82 Å². The number of anilines is 2. The van der Waals surface area contributed by atoms with Gasteiger partial charge in [0.2, 0.25) is 0 Å². The standard InChI is InChI=1S/C12H21N3OS/c1-8(2)16-10-11(13)15-17-12(10)14-7-9-5-3-4-6-9/h8-9,14H,3-7H2,1-2H3,(H2,13,15). The average molecular weight is 255 g/mol. The van der Waals surface area contributed by atoms with E-state index in [-0.39, 0.29) is 6.10 Å². The van der Waals surface area contributed by atoms with Crippen LogP contribution in [0.2, 0.25) is 0 Å². The number of rotatable bonds is 5. The van der Waals surface area contributed by atoms with Crippen molar-refractivity contribution in [3.63, 3.8) is 0 Å². The number of hydrogen-bond donors (Lipinski definition) is 2. The number of nitrogens with two attached hydrogens (primary N) is 1. The molecule has 1 aliphatic rings. The molecule has 5 heteroatoms. The Morgan fingerprint density at radius 3 is 2.82 bits per heavy atom. The summed E-state index contributed by atoms with van der Waals surface area (Å²) >= 11 is 1.39. The highest BCUT2D eigenvalue weighted by atomic mass is 32.1. The number of nitrogens with one attached hydrogen (secondary N) is 1. The van der Waals surface area contributed by atoms with Crippen molar-refractivity contribution in [2.45, 2.75) is 45.6 Å². The van der Waals surface area contributed by atoms with Gasteiger partial charge in [-0.15, -0.1) is 0 Å². The molecule has 0 spiro atoms. The molecule has 96 valence electrons. The quantitative estimate of drug-likeness (QED) is 0.848. The van der Waals surface area contributed by atoms with E-state index in [4.69, 9.17) is 10.5 Å². The van der Waals surface area contributed by atoms with E-state index in [9.17, 15) is 0 Å². The fraction of sp³-hybridized carbons (Fsp3) is 0.750. The predicted octanol–water partition coefficient (Wildman–Crippen LogP) is 3.11. The number of nitrogens with zero attached hydrogens (tertiary/aromatic N) is 1. The van der Waals surface area contributed by atoms with Crippen molar-refractivity contribution in [2.75, 3.05) is 17.6 Å². The van der Waals surface area contributed by atoms with E-state index in [2.05, 4.69) is 9.69 Å². The van der Waals surface area contributed by atoms with Gasteiger partial charge in [0.1, 0.15) is 0 Å². The third kappa shape index (κ3) is 3.25. The molecular formula is C12H21N3OS. The minimum absolute atomic E-state index is 0.126. The lowest BCUT2D eigenvalue weighted by atomic mass is 10.1. The highest BCUT2D eigenvalue weighted by molar-refractivity contribution is 7.11. The summed E-state index contributed by atoms with van der Waals surface area (Å²) < 4.78 is 9.84. The maximum absolute atomic E-state index is 5.81. The Labute approximate surface area is 107 Å². The molecule has 1 fully saturated rings. The van der Waals surface area contributed by atoms with E-state index in [1.165, 1.54) is 37.2 Å². The molecule has 3 N–H and O–H groups in total. The van der Waals surface area contributed by atoms with Crippen LogP contribution in [0.25, 0.3) is 0 Å². The normalized spacial score (nSPS) is 16.6. The SMILES string of the molecule is CC(C)Oc1c(N)nsc1NCC1CCCC1. The van der Waals surface area contributed by atoms with E-state index >= 15 is 0 Å². The van der Waals surface area contributed by atoms with E-state index in [0.717, 1.165) is 23.2 Å². The maximum Gasteiger partial charge on any atom is 0.197 e. The zero-order valence-electron chi connectivity index (χ0n) is 10.5. The topological polar surface area (TPSA) is 60.2 Å². The highest BCUT2D eigenvalue weighted by Gasteiger charge is 2.18. The lowest BCUT2D eigenvalue weighted by Crippen LogP contribution is -2.12. The maximum atomic E-state index is 5.81. The molecule has 0 bridgehead atoms. The van der Waals surface area contributed by atoms with E-state index in [1.54, 1.807) is 0 Å². The third-order valence-corrected chi connectivity index (χ3v) is 3.85. The van der Waals surface area contributed by atoms with Gasteiger partial charge in [0.05, 0.1) is 6.10 Å². The first-order valence-corrected chi connectivity index (χ1v) is 7.10. The Kier molecular flexibility index (Phi) is 4.10. The van der Waals surface area contributed by atoms with Crippen LogP contribution < -0.4 is 15.8 Å². The van der Waals surface area contributed by atoms with Gasteiger partial charge in [-0.3, -0.25) is 0 Å². The second-order valence-corrected chi connectivity index (χ2v) is 5.70. The van der Waals surface area contributed by atoms with Crippen molar-refractivity contribution in [3.05, 3.63) is 0 Å². The van der Waals surface area contributed by atoms with Crippen molar-refractivity contribution in [3.8, 4) is 5.75 Å². The van der Waals surface area contributed by atoms with Crippen LogP contribution in [-0.4, -0.2) is 17.0 Å². The van der Waals surface area contributed by atoms with Crippen LogP contribution in [0.4, 0.5) is 10.8 Å². The van der Waals surface area contributed by atoms with Gasteiger partial charge < -0.3 is 15.8 Å². The second kappa shape index (κ2) is 5.58. The van der Waals surface area contributed by atoms with Gasteiger partial charge in [0, 0.05) is 6.54 Å². The van der Waals surface area contributed by atoms with Crippen LogP contribution in [0, 0.1) is 5.92 Å². The number of hydrogen-bond acceptors (Lipinski definition) is 5. The summed E-state index contributed by atoms with van der Waals surface area (Å²) in [4.78, 5) is 0. The van der Waals surface area contributed by atoms with Crippen LogP contribution >= 0.6 is 11.5 Å². The molecule has 0 radical (unpaired) electrons. The first-order valence-electron chi connectivity index (χ1n) is 6.32. The smallest absolute Gasteiger partial charge is 0.197 e. The first-order chi connectivity index (χ1) is 8.16. The van der Waals surface area contributed by atoms with Crippen molar-refractivity contribution in [1.29, 1.82) is 0 Å². The molecule has 1 aromatic heterocycles. The summed E-state index contributed by atoms with van der Waals surface area (Å²) in [7, 11) is 0. The molecule has 1 aliphatic carbocycles. The van der Waals surface area contributed by atoms with Gasteiger partial charge in [-0.1, -0.05) is 12.8 Å². The first kappa shape index (κ1) is 12.5. The van der Waals surface area contributed by atoms with E-state index in [1.807, 2.05) is 13.8 Å². The molecule has 1 aromatic rings. The van der Waals surface area contributed by atoms with Crippen LogP contribution in [0.3, 0.4) is 0 Å². The summed E-state index contributed by atoms with van der Waals surface area (Å²) in [5.41, 5.74) is 5.81. The van der Waals surface area contributed by atoms with Crippen molar-refractivity contribution < 1.29 is 4.74 Å². The molecule has 4 nitrogen and oxygen atoms in total. The lowest BCUT2D eigenvalue weighted by Gasteiger charge is -2.13. The Bertz CT molecular complexity index is 359. The van der Waals surface area contributed by atoms with Crippen LogP contribution in [0.15, 0.2) is 0 Å². The Hall–Kier alpha value is -0.970. The Balaban J connectivity index is 1.94. The van der Waals surface area contributed by atoms with Gasteiger partial charge in [-0.2, -0.15) is 4.37 Å². The van der Waals surface area contributed by atoms with Crippen molar-refractivity contribution in [2.24, 2.45) is 5.92 Å². The molecule has 0 aliphatic heterocycles. The summed E-state index contributed by atoms with van der Waals surface area (Å²) in [6, 6.07) is 0. The van der Waals surface area contributed by atoms with Crippen LogP contribution in [0.1, 0.15) is 39.5 Å². The summed E-state index contributed by atoms with van der Waals surface area (Å²) in [5, 5.41) is 4.41. The Morgan fingerprint density at radius 2 is 2.18 bits per heavy atom. The fourth-order valence-corrected chi connectivity index (χ4v) is 2.86. The molecule has 1 saturated carbocycles. The van der Waals surface area contributed by atoms with Gasteiger partial charge in [0.25, 0.3) is 0 Å². The lowest BCUT2D eigenvalue weighted by molar-refractivity contribution is 0.245. The molecular weight excluding hydrogens is 234 g/mol. The zero-order valence-corrected chi connectivity index (χ0v) is 11.3. The minimum atomic E-state index is 0.126. The van der Waals surface area contributed by atoms with Gasteiger partial charge in [-0.25, -0.2) is 0 Å². The summed E-state index contributed by atoms with van der Waals surface area (Å²) in [5.74, 6) is 2.02. The molecule has 0 atom stereocenters. The zero-order chi connectivity index (χ0) is 12.3. The Morgan fingerprint density at radius 1 is 1.47 bits per heavy atom. The third-order valence-electron chi connectivity index (χ3n) is 3.05. The number of nitrogen functional groups attached to an aromatic ring is 1. The van der Waals surface area contributed by atoms with Gasteiger partial charge in [0.15, 0.2) is 16.6 Å². The predicted molar refractivity (Wildman–Crippen MR) is 72.7 cm³/mol. The average Bonchev–Trinajstić information content (AvgIpc) is 2.88. The van der Waals surface area contributed by atoms with Gasteiger partial charge in [-0.05, 0) is 44.1 Å². The highest BCUT2D eigenvalue weighted by Crippen LogP contribution is 2.36. The molecule has 0 aromatic carbocycles. The monoisotopic (exact) mass is 255 g/mol. The molecule has 17 heavy (non-hydrogen) atoms. The minimum Gasteiger partial charge on any atom is -0.484 e. The van der Waals surface area contributed by atoms with Crippen LogP contribution in [0.5, 0.6) is 5.75 Å². The molecule has 0 unspecified atom stereocenters.